The average molecular weight is 282 g/mol. The molecule has 1 rings (SSSR count). The smallest absolute Gasteiger partial charge is 0.149 e. The average Bonchev–Trinajstić information content (AvgIpc) is 2.43. The Morgan fingerprint density at radius 3 is 0.737 bits per heavy atom. The van der Waals surface area contributed by atoms with Gasteiger partial charge in [-0.25, -0.2) is 0 Å². The third-order valence-corrected chi connectivity index (χ3v) is 1.95. The Hall–Kier alpha value is -0.320. The molecule has 1 aliphatic heterocycles. The highest BCUT2D eigenvalue weighted by atomic mass is 16.8. The minimum atomic E-state index is 0.164. The maximum atomic E-state index is 5.16. The van der Waals surface area contributed by atoms with Crippen LogP contribution in [0.15, 0.2) is 0 Å². The molecule has 8 nitrogen and oxygen atoms in total. The lowest BCUT2D eigenvalue weighted by Gasteiger charge is -2.07. The van der Waals surface area contributed by atoms with Crippen LogP contribution in [-0.2, 0) is 37.9 Å². The minimum absolute atomic E-state index is 0.164. The molecule has 0 spiro atoms. The van der Waals surface area contributed by atoms with Gasteiger partial charge >= 0.3 is 0 Å². The standard InChI is InChI=1S/C11H22O8/c1-3-14-8-18-10-16-5-6-17-11-19-9-15-4-2-13-7-12-1/h1-11H2. The Morgan fingerprint density at radius 2 is 0.474 bits per heavy atom. The van der Waals surface area contributed by atoms with E-state index in [-0.39, 0.29) is 34.0 Å². The van der Waals surface area contributed by atoms with Crippen LogP contribution < -0.4 is 0 Å². The second-order valence-electron chi connectivity index (χ2n) is 3.45. The van der Waals surface area contributed by atoms with Gasteiger partial charge in [0, 0.05) is 0 Å². The van der Waals surface area contributed by atoms with Crippen molar-refractivity contribution in [3.63, 3.8) is 0 Å². The van der Waals surface area contributed by atoms with Crippen molar-refractivity contribution in [2.75, 3.05) is 73.6 Å². The second-order valence-corrected chi connectivity index (χ2v) is 3.45. The summed E-state index contributed by atoms with van der Waals surface area (Å²) in [6.07, 6.45) is 0. The molecule has 19 heavy (non-hydrogen) atoms. The van der Waals surface area contributed by atoms with Gasteiger partial charge in [0.25, 0.3) is 0 Å². The SMILES string of the molecule is C1COCOCOCCOCOCOCCOCO1. The van der Waals surface area contributed by atoms with E-state index in [9.17, 15) is 0 Å². The molecule has 1 fully saturated rings. The highest BCUT2D eigenvalue weighted by Crippen LogP contribution is 1.87. The molecule has 0 aromatic carbocycles. The molecule has 0 aromatic rings. The van der Waals surface area contributed by atoms with Gasteiger partial charge in [0.2, 0.25) is 0 Å². The molecule has 0 saturated carbocycles. The van der Waals surface area contributed by atoms with Gasteiger partial charge in [0.15, 0.2) is 0 Å². The van der Waals surface area contributed by atoms with Crippen LogP contribution in [-0.4, -0.2) is 73.6 Å². The number of rotatable bonds is 0. The first-order chi connectivity index (χ1) is 9.50. The second kappa shape index (κ2) is 14.1. The molecular weight excluding hydrogens is 260 g/mol. The molecule has 0 unspecified atom stereocenters. The molecule has 0 N–H and O–H groups in total. The van der Waals surface area contributed by atoms with E-state index >= 15 is 0 Å². The maximum Gasteiger partial charge on any atom is 0.149 e. The van der Waals surface area contributed by atoms with Gasteiger partial charge in [-0.3, -0.25) is 0 Å². The molecule has 0 aromatic heterocycles. The molecule has 1 saturated heterocycles. The van der Waals surface area contributed by atoms with Gasteiger partial charge in [-0.05, 0) is 0 Å². The van der Waals surface area contributed by atoms with E-state index in [0.29, 0.717) is 39.6 Å². The molecule has 0 atom stereocenters. The maximum absolute atomic E-state index is 5.16. The van der Waals surface area contributed by atoms with Crippen LogP contribution in [0.3, 0.4) is 0 Å². The fourth-order valence-electron chi connectivity index (χ4n) is 1.07. The molecule has 114 valence electrons. The lowest BCUT2D eigenvalue weighted by Crippen LogP contribution is -2.12. The van der Waals surface area contributed by atoms with Crippen molar-refractivity contribution in [1.82, 2.24) is 0 Å². The molecule has 0 amide bonds. The summed E-state index contributed by atoms with van der Waals surface area (Å²) in [4.78, 5) is 0. The number of hydrogen-bond acceptors (Lipinski definition) is 8. The van der Waals surface area contributed by atoms with Gasteiger partial charge in [0.1, 0.15) is 34.0 Å². The van der Waals surface area contributed by atoms with Gasteiger partial charge in [-0.1, -0.05) is 0 Å². The molecule has 0 radical (unpaired) electrons. The van der Waals surface area contributed by atoms with E-state index < -0.39 is 0 Å². The third kappa shape index (κ3) is 12.5. The van der Waals surface area contributed by atoms with Gasteiger partial charge < -0.3 is 37.9 Å². The van der Waals surface area contributed by atoms with Gasteiger partial charge in [0.05, 0.1) is 39.6 Å². The van der Waals surface area contributed by atoms with E-state index in [2.05, 4.69) is 0 Å². The highest BCUT2D eigenvalue weighted by Gasteiger charge is 1.95. The lowest BCUT2D eigenvalue weighted by molar-refractivity contribution is -0.157. The zero-order valence-electron chi connectivity index (χ0n) is 11.0. The van der Waals surface area contributed by atoms with Crippen molar-refractivity contribution in [3.05, 3.63) is 0 Å². The largest absolute Gasteiger partial charge is 0.353 e. The highest BCUT2D eigenvalue weighted by molar-refractivity contribution is 4.28. The quantitative estimate of drug-likeness (QED) is 0.611. The Balaban J connectivity index is 2.01. The Kier molecular flexibility index (Phi) is 12.4. The van der Waals surface area contributed by atoms with Crippen molar-refractivity contribution in [3.8, 4) is 0 Å². The van der Waals surface area contributed by atoms with E-state index in [4.69, 9.17) is 37.9 Å². The van der Waals surface area contributed by atoms with E-state index in [1.807, 2.05) is 0 Å². The van der Waals surface area contributed by atoms with Crippen molar-refractivity contribution >= 4 is 0 Å². The van der Waals surface area contributed by atoms with Crippen molar-refractivity contribution in [2.24, 2.45) is 0 Å². The first-order valence-electron chi connectivity index (χ1n) is 6.12. The summed E-state index contributed by atoms with van der Waals surface area (Å²) in [5.41, 5.74) is 0. The molecular formula is C11H22O8. The van der Waals surface area contributed by atoms with Crippen LogP contribution in [0, 0.1) is 0 Å². The van der Waals surface area contributed by atoms with Crippen LogP contribution in [0.25, 0.3) is 0 Å². The fraction of sp³-hybridized carbons (Fsp3) is 1.00. The Labute approximate surface area is 112 Å². The molecule has 1 aliphatic rings. The number of hydrogen-bond donors (Lipinski definition) is 0. The minimum Gasteiger partial charge on any atom is -0.353 e. The molecule has 0 aliphatic carbocycles. The van der Waals surface area contributed by atoms with Crippen molar-refractivity contribution in [1.29, 1.82) is 0 Å². The van der Waals surface area contributed by atoms with Crippen LogP contribution >= 0.6 is 0 Å². The molecule has 8 heteroatoms. The van der Waals surface area contributed by atoms with Crippen molar-refractivity contribution < 1.29 is 37.9 Å². The monoisotopic (exact) mass is 282 g/mol. The number of ether oxygens (including phenoxy) is 8. The summed E-state index contributed by atoms with van der Waals surface area (Å²) >= 11 is 0. The van der Waals surface area contributed by atoms with Crippen LogP contribution in [0.5, 0.6) is 0 Å². The van der Waals surface area contributed by atoms with E-state index in [0.717, 1.165) is 0 Å². The summed E-state index contributed by atoms with van der Waals surface area (Å²) in [6, 6.07) is 0. The fourth-order valence-corrected chi connectivity index (χ4v) is 1.07. The normalized spacial score (nSPS) is 24.0. The Bertz CT molecular complexity index is 99.4. The summed E-state index contributed by atoms with van der Waals surface area (Å²) in [5, 5.41) is 0. The first-order valence-corrected chi connectivity index (χ1v) is 6.12. The van der Waals surface area contributed by atoms with Crippen LogP contribution in [0.4, 0.5) is 0 Å². The van der Waals surface area contributed by atoms with Crippen LogP contribution in [0.2, 0.25) is 0 Å². The van der Waals surface area contributed by atoms with Crippen molar-refractivity contribution in [2.45, 2.75) is 0 Å². The lowest BCUT2D eigenvalue weighted by atomic mass is 10.8. The van der Waals surface area contributed by atoms with Gasteiger partial charge in [-0.2, -0.15) is 0 Å². The summed E-state index contributed by atoms with van der Waals surface area (Å²) < 4.78 is 41.0. The van der Waals surface area contributed by atoms with Gasteiger partial charge in [-0.15, -0.1) is 0 Å². The first kappa shape index (κ1) is 16.7. The summed E-state index contributed by atoms with van der Waals surface area (Å²) in [6.45, 7) is 3.51. The zero-order chi connectivity index (χ0) is 13.4. The van der Waals surface area contributed by atoms with E-state index in [1.165, 1.54) is 0 Å². The molecule has 0 bridgehead atoms. The predicted molar refractivity (Wildman–Crippen MR) is 62.2 cm³/mol. The third-order valence-electron chi connectivity index (χ3n) is 1.95. The summed E-state index contributed by atoms with van der Waals surface area (Å²) in [7, 11) is 0. The predicted octanol–water partition coefficient (Wildman–Crippen LogP) is -0.0797. The topological polar surface area (TPSA) is 73.8 Å². The van der Waals surface area contributed by atoms with E-state index in [1.54, 1.807) is 0 Å². The Morgan fingerprint density at radius 1 is 0.263 bits per heavy atom. The van der Waals surface area contributed by atoms with Crippen LogP contribution in [0.1, 0.15) is 0 Å². The zero-order valence-corrected chi connectivity index (χ0v) is 11.0. The molecule has 1 heterocycles. The summed E-state index contributed by atoms with van der Waals surface area (Å²) in [5.74, 6) is 0.